The molecule has 0 spiro atoms. The molecule has 142 valence electrons. The minimum atomic E-state index is -3.57. The van der Waals surface area contributed by atoms with Crippen LogP contribution in [0.3, 0.4) is 0 Å². The summed E-state index contributed by atoms with van der Waals surface area (Å²) < 4.78 is 32.9. The second-order valence-electron chi connectivity index (χ2n) is 7.11. The van der Waals surface area contributed by atoms with Gasteiger partial charge in [0, 0.05) is 18.7 Å². The van der Waals surface area contributed by atoms with Crippen molar-refractivity contribution >= 4 is 21.8 Å². The highest BCUT2D eigenvalue weighted by molar-refractivity contribution is 7.89. The third kappa shape index (κ3) is 3.84. The standard InChI is InChI=1S/C20H22N2O4S/c1-14-18-11-16(12-21-27(24,25)17-5-3-2-4-6-17)9-10-19(18)22(20(23)26-14)13-15-7-8-15/h2-6,9-11,14-15,21H,7-8,12-13H2,1H3. The zero-order valence-corrected chi connectivity index (χ0v) is 15.9. The number of anilines is 1. The molecule has 27 heavy (non-hydrogen) atoms. The van der Waals surface area contributed by atoms with Gasteiger partial charge < -0.3 is 4.74 Å². The van der Waals surface area contributed by atoms with Crippen LogP contribution in [0.2, 0.25) is 0 Å². The number of carbonyl (C=O) groups is 1. The van der Waals surface area contributed by atoms with Gasteiger partial charge in [0.25, 0.3) is 0 Å². The Labute approximate surface area is 159 Å². The SMILES string of the molecule is CC1OC(=O)N(CC2CC2)c2ccc(CNS(=O)(=O)c3ccccc3)cc21. The maximum atomic E-state index is 12.4. The van der Waals surface area contributed by atoms with Crippen LogP contribution in [0.15, 0.2) is 53.4 Å². The fourth-order valence-corrected chi connectivity index (χ4v) is 4.29. The van der Waals surface area contributed by atoms with Gasteiger partial charge in [-0.2, -0.15) is 0 Å². The normalized spacial score (nSPS) is 19.5. The van der Waals surface area contributed by atoms with Crippen LogP contribution in [0.1, 0.15) is 37.0 Å². The number of sulfonamides is 1. The molecule has 1 saturated carbocycles. The van der Waals surface area contributed by atoms with Crippen LogP contribution >= 0.6 is 0 Å². The minimum Gasteiger partial charge on any atom is -0.441 e. The summed E-state index contributed by atoms with van der Waals surface area (Å²) in [7, 11) is -3.57. The lowest BCUT2D eigenvalue weighted by Crippen LogP contribution is -2.38. The first-order chi connectivity index (χ1) is 12.9. The van der Waals surface area contributed by atoms with E-state index in [9.17, 15) is 13.2 Å². The Kier molecular flexibility index (Phi) is 4.65. The Morgan fingerprint density at radius 1 is 1.15 bits per heavy atom. The second-order valence-corrected chi connectivity index (χ2v) is 8.88. The van der Waals surface area contributed by atoms with Crippen molar-refractivity contribution in [3.8, 4) is 0 Å². The molecule has 7 heteroatoms. The highest BCUT2D eigenvalue weighted by atomic mass is 32.2. The van der Waals surface area contributed by atoms with Gasteiger partial charge in [-0.15, -0.1) is 0 Å². The molecular formula is C20H22N2O4S. The summed E-state index contributed by atoms with van der Waals surface area (Å²) in [6, 6.07) is 14.0. The van der Waals surface area contributed by atoms with Crippen LogP contribution in [0.4, 0.5) is 10.5 Å². The van der Waals surface area contributed by atoms with Crippen molar-refractivity contribution in [1.82, 2.24) is 4.72 Å². The van der Waals surface area contributed by atoms with E-state index in [0.29, 0.717) is 12.5 Å². The molecule has 1 amide bonds. The zero-order valence-electron chi connectivity index (χ0n) is 15.1. The van der Waals surface area contributed by atoms with Crippen LogP contribution in [0.25, 0.3) is 0 Å². The molecule has 1 fully saturated rings. The van der Waals surface area contributed by atoms with Crippen molar-refractivity contribution in [1.29, 1.82) is 0 Å². The summed E-state index contributed by atoms with van der Waals surface area (Å²) in [6.07, 6.45) is 1.63. The van der Waals surface area contributed by atoms with Crippen molar-refractivity contribution < 1.29 is 17.9 Å². The summed E-state index contributed by atoms with van der Waals surface area (Å²) in [5, 5.41) is 0. The molecule has 4 rings (SSSR count). The Bertz CT molecular complexity index is 955. The van der Waals surface area contributed by atoms with E-state index in [-0.39, 0.29) is 23.6 Å². The Hall–Kier alpha value is -2.38. The lowest BCUT2D eigenvalue weighted by Gasteiger charge is -2.33. The molecule has 0 aromatic heterocycles. The third-order valence-electron chi connectivity index (χ3n) is 4.98. The van der Waals surface area contributed by atoms with Gasteiger partial charge in [-0.25, -0.2) is 17.9 Å². The highest BCUT2D eigenvalue weighted by Gasteiger charge is 2.34. The number of cyclic esters (lactones) is 1. The fraction of sp³-hybridized carbons (Fsp3) is 0.350. The van der Waals surface area contributed by atoms with Gasteiger partial charge in [0.1, 0.15) is 6.10 Å². The quantitative estimate of drug-likeness (QED) is 0.823. The molecule has 1 unspecified atom stereocenters. The summed E-state index contributed by atoms with van der Waals surface area (Å²) in [4.78, 5) is 14.2. The van der Waals surface area contributed by atoms with E-state index in [1.165, 1.54) is 0 Å². The van der Waals surface area contributed by atoms with E-state index in [4.69, 9.17) is 4.74 Å². The maximum Gasteiger partial charge on any atom is 0.414 e. The Morgan fingerprint density at radius 3 is 2.59 bits per heavy atom. The summed E-state index contributed by atoms with van der Waals surface area (Å²) in [6.45, 7) is 2.69. The van der Waals surface area contributed by atoms with Gasteiger partial charge in [0.05, 0.1) is 10.6 Å². The van der Waals surface area contributed by atoms with Crippen LogP contribution in [0, 0.1) is 5.92 Å². The predicted molar refractivity (Wildman–Crippen MR) is 102 cm³/mol. The smallest absolute Gasteiger partial charge is 0.414 e. The second kappa shape index (κ2) is 6.98. The van der Waals surface area contributed by atoms with E-state index in [1.54, 1.807) is 35.2 Å². The topological polar surface area (TPSA) is 75.7 Å². The van der Waals surface area contributed by atoms with Gasteiger partial charge in [-0.05, 0) is 55.5 Å². The average molecular weight is 386 g/mol. The fourth-order valence-electron chi connectivity index (χ4n) is 3.25. The number of hydrogen-bond acceptors (Lipinski definition) is 4. The molecule has 0 saturated heterocycles. The first-order valence-corrected chi connectivity index (χ1v) is 10.6. The van der Waals surface area contributed by atoms with E-state index in [0.717, 1.165) is 29.7 Å². The summed E-state index contributed by atoms with van der Waals surface area (Å²) in [5.41, 5.74) is 2.59. The molecule has 1 atom stereocenters. The van der Waals surface area contributed by atoms with Crippen molar-refractivity contribution in [3.05, 3.63) is 59.7 Å². The zero-order chi connectivity index (χ0) is 19.0. The predicted octanol–water partition coefficient (Wildman–Crippen LogP) is 3.59. The Morgan fingerprint density at radius 2 is 1.89 bits per heavy atom. The van der Waals surface area contributed by atoms with Gasteiger partial charge in [0.2, 0.25) is 10.0 Å². The maximum absolute atomic E-state index is 12.4. The molecule has 2 aromatic rings. The average Bonchev–Trinajstić information content (AvgIpc) is 3.48. The number of fused-ring (bicyclic) bond motifs is 1. The van der Waals surface area contributed by atoms with E-state index < -0.39 is 10.0 Å². The molecule has 2 aliphatic rings. The summed E-state index contributed by atoms with van der Waals surface area (Å²) >= 11 is 0. The first kappa shape index (κ1) is 18.0. The largest absolute Gasteiger partial charge is 0.441 e. The van der Waals surface area contributed by atoms with E-state index in [2.05, 4.69) is 4.72 Å². The van der Waals surface area contributed by atoms with Gasteiger partial charge in [-0.1, -0.05) is 24.3 Å². The number of benzene rings is 2. The summed E-state index contributed by atoms with van der Waals surface area (Å²) in [5.74, 6) is 0.552. The van der Waals surface area contributed by atoms with Crippen LogP contribution < -0.4 is 9.62 Å². The van der Waals surface area contributed by atoms with Gasteiger partial charge in [0.15, 0.2) is 0 Å². The molecule has 1 N–H and O–H groups in total. The number of hydrogen-bond donors (Lipinski definition) is 1. The van der Waals surface area contributed by atoms with Gasteiger partial charge in [-0.3, -0.25) is 4.90 Å². The number of amides is 1. The third-order valence-corrected chi connectivity index (χ3v) is 6.39. The van der Waals surface area contributed by atoms with Crippen molar-refractivity contribution in [2.24, 2.45) is 5.92 Å². The molecule has 0 radical (unpaired) electrons. The van der Waals surface area contributed by atoms with E-state index >= 15 is 0 Å². The first-order valence-electron chi connectivity index (χ1n) is 9.10. The van der Waals surface area contributed by atoms with E-state index in [1.807, 2.05) is 25.1 Å². The lowest BCUT2D eigenvalue weighted by molar-refractivity contribution is 0.107. The number of ether oxygens (including phenoxy) is 1. The molecule has 6 nitrogen and oxygen atoms in total. The number of carbonyl (C=O) groups excluding carboxylic acids is 1. The number of nitrogens with zero attached hydrogens (tertiary/aromatic N) is 1. The molecule has 0 bridgehead atoms. The lowest BCUT2D eigenvalue weighted by atomic mass is 10.0. The van der Waals surface area contributed by atoms with Crippen LogP contribution in [0.5, 0.6) is 0 Å². The van der Waals surface area contributed by atoms with Crippen molar-refractivity contribution in [2.75, 3.05) is 11.4 Å². The van der Waals surface area contributed by atoms with Crippen molar-refractivity contribution in [3.63, 3.8) is 0 Å². The number of rotatable bonds is 6. The minimum absolute atomic E-state index is 0.174. The molecule has 1 aliphatic carbocycles. The van der Waals surface area contributed by atoms with Crippen LogP contribution in [-0.4, -0.2) is 21.1 Å². The molecule has 1 aliphatic heterocycles. The molecular weight excluding hydrogens is 364 g/mol. The van der Waals surface area contributed by atoms with Crippen molar-refractivity contribution in [2.45, 2.75) is 37.3 Å². The highest BCUT2D eigenvalue weighted by Crippen LogP contribution is 2.38. The number of nitrogens with one attached hydrogen (secondary N) is 1. The molecule has 1 heterocycles. The van der Waals surface area contributed by atoms with Gasteiger partial charge >= 0.3 is 6.09 Å². The molecule has 2 aromatic carbocycles. The Balaban J connectivity index is 1.54. The van der Waals surface area contributed by atoms with Crippen LogP contribution in [-0.2, 0) is 21.3 Å². The monoisotopic (exact) mass is 386 g/mol.